The van der Waals surface area contributed by atoms with E-state index < -0.39 is 11.3 Å². The number of carbonyl (C=O) groups excluding carboxylic acids is 2. The Balaban J connectivity index is 1.23. The number of benzene rings is 1. The lowest BCUT2D eigenvalue weighted by atomic mass is 9.33. The molecule has 0 spiro atoms. The van der Waals surface area contributed by atoms with Gasteiger partial charge in [-0.2, -0.15) is 0 Å². The lowest BCUT2D eigenvalue weighted by Gasteiger charge is -2.71. The van der Waals surface area contributed by atoms with Crippen molar-refractivity contribution in [2.75, 3.05) is 13.1 Å². The molecule has 46 heavy (non-hydrogen) atoms. The van der Waals surface area contributed by atoms with Crippen LogP contribution in [0.25, 0.3) is 0 Å². The highest BCUT2D eigenvalue weighted by Crippen LogP contribution is 2.75. The molecule has 7 nitrogen and oxygen atoms in total. The van der Waals surface area contributed by atoms with Crippen molar-refractivity contribution in [1.82, 2.24) is 10.6 Å². The number of carbonyl (C=O) groups is 2. The van der Waals surface area contributed by atoms with Gasteiger partial charge in [0.15, 0.2) is 0 Å². The maximum absolute atomic E-state index is 14.3. The number of aliphatic hydroxyl groups excluding tert-OH is 1. The van der Waals surface area contributed by atoms with E-state index in [2.05, 4.69) is 65.2 Å². The van der Waals surface area contributed by atoms with Crippen molar-refractivity contribution in [3.63, 3.8) is 0 Å². The summed E-state index contributed by atoms with van der Waals surface area (Å²) >= 11 is 0. The molecule has 0 heterocycles. The van der Waals surface area contributed by atoms with Crippen molar-refractivity contribution in [1.29, 1.82) is 0 Å². The standard InChI is InChI=1S/C39H58N2O5/c1-34(2)16-18-39(33(46)41-21-20-40-32(45)25-9-8-24(42)22-28(25)43)19-17-37(6)26(27(39)23-34)10-11-30-36(5)14-13-31(44)35(3,4)29(36)12-15-38(30,37)7/h8-10,22,27,29-31,42-44H,11-21,23H2,1-7H3,(H,40,45)(H,41,46)/t27-,29-,30+,31-,36-,37+,38+,39-/m0/s1. The summed E-state index contributed by atoms with van der Waals surface area (Å²) in [6.07, 6.45) is 12.5. The predicted octanol–water partition coefficient (Wildman–Crippen LogP) is 7.11. The zero-order chi connectivity index (χ0) is 33.5. The highest BCUT2D eigenvalue weighted by molar-refractivity contribution is 5.97. The molecular weight excluding hydrogens is 576 g/mol. The van der Waals surface area contributed by atoms with Gasteiger partial charge < -0.3 is 26.0 Å². The largest absolute Gasteiger partial charge is 0.508 e. The molecule has 0 aliphatic heterocycles. The first-order valence-electron chi connectivity index (χ1n) is 17.9. The minimum Gasteiger partial charge on any atom is -0.508 e. The van der Waals surface area contributed by atoms with Crippen molar-refractivity contribution >= 4 is 11.8 Å². The van der Waals surface area contributed by atoms with Gasteiger partial charge in [-0.1, -0.05) is 60.1 Å². The zero-order valence-corrected chi connectivity index (χ0v) is 29.3. The summed E-state index contributed by atoms with van der Waals surface area (Å²) in [5, 5.41) is 36.6. The summed E-state index contributed by atoms with van der Waals surface area (Å²) in [4.78, 5) is 26.9. The van der Waals surface area contributed by atoms with E-state index in [0.717, 1.165) is 63.9 Å². The van der Waals surface area contributed by atoms with Gasteiger partial charge in [-0.05, 0) is 121 Å². The monoisotopic (exact) mass is 634 g/mol. The molecule has 0 bridgehead atoms. The molecule has 0 radical (unpaired) electrons. The Morgan fingerprint density at radius 1 is 0.848 bits per heavy atom. The summed E-state index contributed by atoms with van der Waals surface area (Å²) in [5.41, 5.74) is 1.65. The molecule has 5 aliphatic carbocycles. The molecule has 4 fully saturated rings. The van der Waals surface area contributed by atoms with E-state index in [1.807, 2.05) is 0 Å². The van der Waals surface area contributed by atoms with Crippen LogP contribution in [0.15, 0.2) is 29.8 Å². The summed E-state index contributed by atoms with van der Waals surface area (Å²) in [5.74, 6) is 0.573. The van der Waals surface area contributed by atoms with E-state index in [0.29, 0.717) is 18.4 Å². The van der Waals surface area contributed by atoms with E-state index in [-0.39, 0.29) is 68.6 Å². The van der Waals surface area contributed by atoms with Gasteiger partial charge in [0.05, 0.1) is 17.1 Å². The van der Waals surface area contributed by atoms with E-state index in [4.69, 9.17) is 0 Å². The molecule has 1 aromatic carbocycles. The van der Waals surface area contributed by atoms with Crippen molar-refractivity contribution in [3.05, 3.63) is 35.4 Å². The molecule has 5 N–H and O–H groups in total. The molecule has 8 atom stereocenters. The summed E-state index contributed by atoms with van der Waals surface area (Å²) in [6, 6.07) is 3.90. The molecular formula is C39H58N2O5. The fraction of sp³-hybridized carbons (Fsp3) is 0.744. The van der Waals surface area contributed by atoms with Crippen LogP contribution in [0.5, 0.6) is 11.5 Å². The molecule has 2 amide bonds. The first-order chi connectivity index (χ1) is 21.4. The van der Waals surface area contributed by atoms with Crippen molar-refractivity contribution in [2.45, 2.75) is 119 Å². The smallest absolute Gasteiger partial charge is 0.255 e. The summed E-state index contributed by atoms with van der Waals surface area (Å²) in [7, 11) is 0. The Morgan fingerprint density at radius 2 is 1.54 bits per heavy atom. The first kappa shape index (κ1) is 33.4. The number of aliphatic hydroxyl groups is 1. The van der Waals surface area contributed by atoms with Gasteiger partial charge in [0.25, 0.3) is 5.91 Å². The second-order valence-corrected chi connectivity index (χ2v) is 18.0. The third-order valence-electron chi connectivity index (χ3n) is 15.0. The van der Waals surface area contributed by atoms with Crippen LogP contribution >= 0.6 is 0 Å². The van der Waals surface area contributed by atoms with Gasteiger partial charge >= 0.3 is 0 Å². The Kier molecular flexibility index (Phi) is 7.98. The average molecular weight is 635 g/mol. The van der Waals surface area contributed by atoms with Crippen LogP contribution < -0.4 is 10.6 Å². The second kappa shape index (κ2) is 11.0. The van der Waals surface area contributed by atoms with Crippen LogP contribution in [0.4, 0.5) is 0 Å². The van der Waals surface area contributed by atoms with E-state index >= 15 is 0 Å². The number of hydrogen-bond donors (Lipinski definition) is 5. The fourth-order valence-corrected chi connectivity index (χ4v) is 12.0. The first-order valence-corrected chi connectivity index (χ1v) is 17.9. The third-order valence-corrected chi connectivity index (χ3v) is 15.0. The molecule has 254 valence electrons. The Labute approximate surface area is 276 Å². The van der Waals surface area contributed by atoms with Crippen LogP contribution in [-0.2, 0) is 4.79 Å². The Morgan fingerprint density at radius 3 is 2.26 bits per heavy atom. The molecule has 1 aromatic rings. The molecule has 0 aromatic heterocycles. The zero-order valence-electron chi connectivity index (χ0n) is 29.3. The minimum atomic E-state index is -0.443. The van der Waals surface area contributed by atoms with Crippen LogP contribution in [0, 0.1) is 50.2 Å². The van der Waals surface area contributed by atoms with E-state index in [1.165, 1.54) is 24.1 Å². The van der Waals surface area contributed by atoms with Crippen molar-refractivity contribution in [2.24, 2.45) is 50.2 Å². The third kappa shape index (κ3) is 4.84. The van der Waals surface area contributed by atoms with Gasteiger partial charge in [-0.3, -0.25) is 9.59 Å². The van der Waals surface area contributed by atoms with Gasteiger partial charge in [-0.25, -0.2) is 0 Å². The number of rotatable bonds is 5. The Hall–Kier alpha value is -2.54. The number of phenols is 2. The van der Waals surface area contributed by atoms with E-state index in [9.17, 15) is 24.9 Å². The normalized spacial score (nSPS) is 40.7. The molecule has 5 aliphatic rings. The molecule has 4 saturated carbocycles. The number of hydrogen-bond acceptors (Lipinski definition) is 5. The topological polar surface area (TPSA) is 119 Å². The highest BCUT2D eigenvalue weighted by Gasteiger charge is 2.69. The number of amides is 2. The van der Waals surface area contributed by atoms with Crippen LogP contribution in [-0.4, -0.2) is 46.3 Å². The van der Waals surface area contributed by atoms with Gasteiger partial charge in [0, 0.05) is 19.2 Å². The van der Waals surface area contributed by atoms with E-state index in [1.54, 1.807) is 0 Å². The molecule has 6 rings (SSSR count). The minimum absolute atomic E-state index is 0.0338. The molecule has 0 unspecified atom stereocenters. The van der Waals surface area contributed by atoms with Crippen molar-refractivity contribution < 1.29 is 24.9 Å². The summed E-state index contributed by atoms with van der Waals surface area (Å²) < 4.78 is 0. The lowest BCUT2D eigenvalue weighted by molar-refractivity contribution is -0.203. The number of allylic oxidation sites excluding steroid dienone is 2. The number of fused-ring (bicyclic) bond motifs is 7. The predicted molar refractivity (Wildman–Crippen MR) is 180 cm³/mol. The summed E-state index contributed by atoms with van der Waals surface area (Å²) in [6.45, 7) is 17.6. The average Bonchev–Trinajstić information content (AvgIpc) is 2.97. The highest BCUT2D eigenvalue weighted by atomic mass is 16.3. The van der Waals surface area contributed by atoms with Gasteiger partial charge in [-0.15, -0.1) is 0 Å². The Bertz CT molecular complexity index is 1430. The van der Waals surface area contributed by atoms with Crippen molar-refractivity contribution in [3.8, 4) is 11.5 Å². The van der Waals surface area contributed by atoms with Crippen LogP contribution in [0.3, 0.4) is 0 Å². The van der Waals surface area contributed by atoms with Gasteiger partial charge in [0.1, 0.15) is 11.5 Å². The quantitative estimate of drug-likeness (QED) is 0.175. The second-order valence-electron chi connectivity index (χ2n) is 18.0. The fourth-order valence-electron chi connectivity index (χ4n) is 12.0. The number of phenolic OH excluding ortho intramolecular Hbond substituents is 2. The van der Waals surface area contributed by atoms with Crippen LogP contribution in [0.1, 0.15) is 123 Å². The molecule has 7 heteroatoms. The lowest BCUT2D eigenvalue weighted by Crippen LogP contribution is -2.65. The maximum Gasteiger partial charge on any atom is 0.255 e. The maximum atomic E-state index is 14.3. The van der Waals surface area contributed by atoms with Crippen LogP contribution in [0.2, 0.25) is 0 Å². The number of nitrogens with one attached hydrogen (secondary N) is 2. The molecule has 0 saturated heterocycles. The number of aromatic hydroxyl groups is 2. The van der Waals surface area contributed by atoms with Gasteiger partial charge in [0.2, 0.25) is 5.91 Å². The SMILES string of the molecule is CC1(C)CC[C@]2(C(=O)NCCNC(=O)c3ccc(O)cc3O)CC[C@]3(C)C(=CC[C@@H]4[C@@]5(C)CC[C@H](O)C(C)(C)[C@@H]5CC[C@]43C)[C@@H]2C1.